The van der Waals surface area contributed by atoms with E-state index in [0.29, 0.717) is 5.56 Å². The number of carbonyl (C=O) groups is 1. The van der Waals surface area contributed by atoms with E-state index in [-0.39, 0.29) is 5.54 Å². The summed E-state index contributed by atoms with van der Waals surface area (Å²) in [7, 11) is 0. The van der Waals surface area contributed by atoms with Crippen LogP contribution in [0.3, 0.4) is 0 Å². The largest absolute Gasteiger partial charge is 0.478 e. The molecule has 17 heavy (non-hydrogen) atoms. The minimum atomic E-state index is -0.895. The summed E-state index contributed by atoms with van der Waals surface area (Å²) in [5.41, 5.74) is 1.38. The molecule has 0 bridgehead atoms. The van der Waals surface area contributed by atoms with E-state index in [4.69, 9.17) is 5.11 Å². The second-order valence-corrected chi connectivity index (χ2v) is 5.56. The lowest BCUT2D eigenvalue weighted by atomic mass is 9.74. The van der Waals surface area contributed by atoms with Gasteiger partial charge in [0.2, 0.25) is 0 Å². The molecule has 1 aromatic rings. The first-order valence-electron chi connectivity index (χ1n) is 5.87. The Labute approximate surface area is 109 Å². The molecule has 1 saturated carbocycles. The molecule has 0 aromatic heterocycles. The summed E-state index contributed by atoms with van der Waals surface area (Å²) in [4.78, 5) is 11.0. The molecule has 0 amide bonds. The highest BCUT2D eigenvalue weighted by molar-refractivity contribution is 9.10. The van der Waals surface area contributed by atoms with Gasteiger partial charge in [-0.05, 0) is 43.9 Å². The molecular formula is C13H16BrNO2. The van der Waals surface area contributed by atoms with Gasteiger partial charge in [0.1, 0.15) is 0 Å². The van der Waals surface area contributed by atoms with Crippen LogP contribution in [0, 0.1) is 0 Å². The Hall–Kier alpha value is -1.03. The van der Waals surface area contributed by atoms with E-state index in [1.165, 1.54) is 19.3 Å². The van der Waals surface area contributed by atoms with Crippen LogP contribution in [-0.2, 0) is 0 Å². The number of benzene rings is 1. The van der Waals surface area contributed by atoms with E-state index in [1.807, 2.05) is 6.07 Å². The van der Waals surface area contributed by atoms with Crippen molar-refractivity contribution in [3.8, 4) is 0 Å². The maximum absolute atomic E-state index is 11.0. The number of halogens is 1. The molecule has 0 heterocycles. The summed E-state index contributed by atoms with van der Waals surface area (Å²) >= 11 is 3.35. The zero-order valence-electron chi connectivity index (χ0n) is 9.79. The van der Waals surface area contributed by atoms with Crippen LogP contribution in [0.25, 0.3) is 0 Å². The molecular weight excluding hydrogens is 282 g/mol. The fourth-order valence-corrected chi connectivity index (χ4v) is 2.76. The van der Waals surface area contributed by atoms with Crippen LogP contribution >= 0.6 is 15.9 Å². The van der Waals surface area contributed by atoms with Crippen molar-refractivity contribution >= 4 is 27.6 Å². The Morgan fingerprint density at radius 1 is 1.47 bits per heavy atom. The normalized spacial score (nSPS) is 17.3. The summed E-state index contributed by atoms with van der Waals surface area (Å²) in [6.07, 6.45) is 4.65. The van der Waals surface area contributed by atoms with Gasteiger partial charge in [-0.15, -0.1) is 0 Å². The third kappa shape index (κ3) is 2.63. The van der Waals surface area contributed by atoms with Crippen molar-refractivity contribution in [3.63, 3.8) is 0 Å². The van der Waals surface area contributed by atoms with Gasteiger partial charge in [0, 0.05) is 15.7 Å². The minimum Gasteiger partial charge on any atom is -0.478 e. The van der Waals surface area contributed by atoms with Crippen LogP contribution in [0.5, 0.6) is 0 Å². The van der Waals surface area contributed by atoms with Crippen LogP contribution in [0.4, 0.5) is 5.69 Å². The first-order valence-corrected chi connectivity index (χ1v) is 6.66. The van der Waals surface area contributed by atoms with E-state index >= 15 is 0 Å². The monoisotopic (exact) mass is 297 g/mol. The predicted octanol–water partition coefficient (Wildman–Crippen LogP) is 3.89. The Morgan fingerprint density at radius 2 is 2.18 bits per heavy atom. The zero-order chi connectivity index (χ0) is 12.5. The number of aromatic carboxylic acids is 1. The lowest BCUT2D eigenvalue weighted by molar-refractivity contribution is 0.0697. The second kappa shape index (κ2) is 4.69. The molecule has 3 nitrogen and oxygen atoms in total. The standard InChI is InChI=1S/C13H16BrNO2/c1-2-13(4-3-5-13)15-11-7-9(12(16)17)6-10(14)8-11/h6-8,15H,2-5H2,1H3,(H,16,17). The van der Waals surface area contributed by atoms with Crippen LogP contribution in [0.1, 0.15) is 43.0 Å². The van der Waals surface area contributed by atoms with Gasteiger partial charge in [-0.3, -0.25) is 0 Å². The van der Waals surface area contributed by atoms with Crippen molar-refractivity contribution in [2.75, 3.05) is 5.32 Å². The molecule has 1 aliphatic carbocycles. The van der Waals surface area contributed by atoms with Crippen LogP contribution < -0.4 is 5.32 Å². The SMILES string of the molecule is CCC1(Nc2cc(Br)cc(C(=O)O)c2)CCC1. The van der Waals surface area contributed by atoms with Gasteiger partial charge in [-0.1, -0.05) is 22.9 Å². The summed E-state index contributed by atoms with van der Waals surface area (Å²) in [5, 5.41) is 12.5. The average molecular weight is 298 g/mol. The molecule has 92 valence electrons. The summed E-state index contributed by atoms with van der Waals surface area (Å²) < 4.78 is 0.797. The highest BCUT2D eigenvalue weighted by Gasteiger charge is 2.34. The van der Waals surface area contributed by atoms with Crippen molar-refractivity contribution in [3.05, 3.63) is 28.2 Å². The molecule has 0 radical (unpaired) electrons. The van der Waals surface area contributed by atoms with Gasteiger partial charge in [-0.2, -0.15) is 0 Å². The van der Waals surface area contributed by atoms with E-state index in [0.717, 1.165) is 16.6 Å². The second-order valence-electron chi connectivity index (χ2n) is 4.65. The van der Waals surface area contributed by atoms with Crippen LogP contribution in [0.15, 0.2) is 22.7 Å². The number of hydrogen-bond donors (Lipinski definition) is 2. The fraction of sp³-hybridized carbons (Fsp3) is 0.462. The molecule has 0 atom stereocenters. The Morgan fingerprint density at radius 3 is 2.65 bits per heavy atom. The van der Waals surface area contributed by atoms with Crippen molar-refractivity contribution in [1.82, 2.24) is 0 Å². The van der Waals surface area contributed by atoms with Crippen molar-refractivity contribution in [2.45, 2.75) is 38.1 Å². The van der Waals surface area contributed by atoms with E-state index in [9.17, 15) is 4.79 Å². The molecule has 1 fully saturated rings. The average Bonchev–Trinajstić information content (AvgIpc) is 2.22. The smallest absolute Gasteiger partial charge is 0.335 e. The first kappa shape index (κ1) is 12.4. The molecule has 0 unspecified atom stereocenters. The molecule has 1 aromatic carbocycles. The Balaban J connectivity index is 2.23. The predicted molar refractivity (Wildman–Crippen MR) is 71.6 cm³/mol. The van der Waals surface area contributed by atoms with Gasteiger partial charge in [0.05, 0.1) is 5.56 Å². The number of anilines is 1. The molecule has 0 saturated heterocycles. The van der Waals surface area contributed by atoms with Crippen LogP contribution in [0.2, 0.25) is 0 Å². The number of rotatable bonds is 4. The highest BCUT2D eigenvalue weighted by Crippen LogP contribution is 2.38. The Kier molecular flexibility index (Phi) is 3.43. The molecule has 2 rings (SSSR count). The molecule has 0 aliphatic heterocycles. The third-order valence-electron chi connectivity index (χ3n) is 3.54. The topological polar surface area (TPSA) is 49.3 Å². The number of nitrogens with one attached hydrogen (secondary N) is 1. The number of carboxylic acids is 1. The van der Waals surface area contributed by atoms with Gasteiger partial charge in [0.25, 0.3) is 0 Å². The zero-order valence-corrected chi connectivity index (χ0v) is 11.4. The highest BCUT2D eigenvalue weighted by atomic mass is 79.9. The van der Waals surface area contributed by atoms with E-state index in [2.05, 4.69) is 28.2 Å². The van der Waals surface area contributed by atoms with Gasteiger partial charge >= 0.3 is 5.97 Å². The quantitative estimate of drug-likeness (QED) is 0.886. The van der Waals surface area contributed by atoms with Crippen molar-refractivity contribution in [1.29, 1.82) is 0 Å². The van der Waals surface area contributed by atoms with Crippen molar-refractivity contribution in [2.24, 2.45) is 0 Å². The molecule has 2 N–H and O–H groups in total. The maximum atomic E-state index is 11.0. The van der Waals surface area contributed by atoms with Gasteiger partial charge in [0.15, 0.2) is 0 Å². The summed E-state index contributed by atoms with van der Waals surface area (Å²) in [5.74, 6) is -0.895. The molecule has 1 aliphatic rings. The Bertz CT molecular complexity index is 436. The maximum Gasteiger partial charge on any atom is 0.335 e. The fourth-order valence-electron chi connectivity index (χ4n) is 2.26. The minimum absolute atomic E-state index is 0.177. The van der Waals surface area contributed by atoms with Crippen LogP contribution in [-0.4, -0.2) is 16.6 Å². The molecule has 4 heteroatoms. The lowest BCUT2D eigenvalue weighted by Crippen LogP contribution is -2.44. The van der Waals surface area contributed by atoms with Gasteiger partial charge in [-0.25, -0.2) is 4.79 Å². The molecule has 0 spiro atoms. The van der Waals surface area contributed by atoms with Crippen molar-refractivity contribution < 1.29 is 9.90 Å². The number of hydrogen-bond acceptors (Lipinski definition) is 2. The number of carboxylic acid groups (broad SMARTS) is 1. The first-order chi connectivity index (χ1) is 8.04. The van der Waals surface area contributed by atoms with E-state index < -0.39 is 5.97 Å². The van der Waals surface area contributed by atoms with Gasteiger partial charge < -0.3 is 10.4 Å². The third-order valence-corrected chi connectivity index (χ3v) is 4.00. The van der Waals surface area contributed by atoms with E-state index in [1.54, 1.807) is 12.1 Å². The summed E-state index contributed by atoms with van der Waals surface area (Å²) in [6, 6.07) is 5.25. The lowest BCUT2D eigenvalue weighted by Gasteiger charge is -2.43. The summed E-state index contributed by atoms with van der Waals surface area (Å²) in [6.45, 7) is 2.17.